The molecule has 0 bridgehead atoms. The first kappa shape index (κ1) is 23.9. The number of amides is 2. The summed E-state index contributed by atoms with van der Waals surface area (Å²) in [5, 5.41) is 20.0. The molecule has 192 valence electrons. The normalized spacial score (nSPS) is 14.1. The average Bonchev–Trinajstić information content (AvgIpc) is 3.61. The van der Waals surface area contributed by atoms with E-state index < -0.39 is 11.8 Å². The maximum absolute atomic E-state index is 13.3. The van der Waals surface area contributed by atoms with Crippen molar-refractivity contribution >= 4 is 51.1 Å². The predicted molar refractivity (Wildman–Crippen MR) is 148 cm³/mol. The molecular formula is C28H23N9O2. The highest BCUT2D eigenvalue weighted by atomic mass is 16.2. The minimum absolute atomic E-state index is 0.251. The Kier molecular flexibility index (Phi) is 6.21. The number of hydrogen-bond acceptors (Lipinski definition) is 6. The standard InChI is InChI=1S/C28H23N9O2/c29-17-32-35-31-13-6-14-37-23-11-4-2-9-20(23)26(34-37)25-24(27(38)33-28(25)39)21-16-36(18-7-5-12-30-15-18)22-10-3-1-8-19(21)22/h1-5,7-12,15-17H,6,13-14H2,(H2,29,31,32)(H,33,38,39). The van der Waals surface area contributed by atoms with E-state index in [0.29, 0.717) is 36.3 Å². The largest absolute Gasteiger partial charge is 0.388 e. The van der Waals surface area contributed by atoms with Gasteiger partial charge in [0.2, 0.25) is 0 Å². The third kappa shape index (κ3) is 4.25. The second-order valence-electron chi connectivity index (χ2n) is 8.84. The van der Waals surface area contributed by atoms with Gasteiger partial charge in [-0.3, -0.25) is 24.6 Å². The van der Waals surface area contributed by atoms with Crippen molar-refractivity contribution in [3.63, 3.8) is 0 Å². The van der Waals surface area contributed by atoms with E-state index in [0.717, 1.165) is 33.8 Å². The summed E-state index contributed by atoms with van der Waals surface area (Å²) in [6, 6.07) is 19.2. The average molecular weight is 518 g/mol. The van der Waals surface area contributed by atoms with Crippen LogP contribution in [-0.4, -0.2) is 44.0 Å². The van der Waals surface area contributed by atoms with Gasteiger partial charge in [0.15, 0.2) is 0 Å². The molecule has 2 amide bonds. The van der Waals surface area contributed by atoms with Crippen molar-refractivity contribution in [2.45, 2.75) is 13.0 Å². The van der Waals surface area contributed by atoms with Crippen LogP contribution in [0, 0.1) is 0 Å². The number of carbonyl (C=O) groups excluding carboxylic acids is 2. The Balaban J connectivity index is 1.50. The van der Waals surface area contributed by atoms with E-state index in [4.69, 9.17) is 10.8 Å². The summed E-state index contributed by atoms with van der Waals surface area (Å²) in [5.41, 5.74) is 9.40. The van der Waals surface area contributed by atoms with Crippen LogP contribution in [0.5, 0.6) is 0 Å². The Morgan fingerprint density at radius 1 is 0.923 bits per heavy atom. The molecule has 4 heterocycles. The zero-order valence-corrected chi connectivity index (χ0v) is 20.7. The van der Waals surface area contributed by atoms with Gasteiger partial charge in [-0.1, -0.05) is 36.4 Å². The molecule has 1 aliphatic rings. The summed E-state index contributed by atoms with van der Waals surface area (Å²) in [6.07, 6.45) is 7.05. The molecule has 0 atom stereocenters. The molecule has 0 aliphatic carbocycles. The Hall–Kier alpha value is -5.45. The number of benzene rings is 2. The number of hydrogen-bond donors (Lipinski definition) is 2. The number of imide groups is 1. The summed E-state index contributed by atoms with van der Waals surface area (Å²) in [5.74, 6) is -0.930. The Labute approximate surface area is 222 Å². The first-order chi connectivity index (χ1) is 19.2. The van der Waals surface area contributed by atoms with Gasteiger partial charge in [0, 0.05) is 35.3 Å². The minimum Gasteiger partial charge on any atom is -0.388 e. The van der Waals surface area contributed by atoms with E-state index in [-0.39, 0.29) is 5.57 Å². The number of para-hydroxylation sites is 2. The Bertz CT molecular complexity index is 1810. The third-order valence-electron chi connectivity index (χ3n) is 6.54. The van der Waals surface area contributed by atoms with E-state index in [1.807, 2.05) is 76.1 Å². The second-order valence-corrected chi connectivity index (χ2v) is 8.84. The van der Waals surface area contributed by atoms with Crippen LogP contribution in [0.15, 0.2) is 94.7 Å². The van der Waals surface area contributed by atoms with Crippen LogP contribution in [0.2, 0.25) is 0 Å². The molecule has 2 aromatic carbocycles. The maximum atomic E-state index is 13.3. The topological polar surface area (TPSA) is 145 Å². The first-order valence-electron chi connectivity index (χ1n) is 12.3. The molecule has 0 saturated carbocycles. The fourth-order valence-electron chi connectivity index (χ4n) is 4.91. The molecule has 0 radical (unpaired) electrons. The Morgan fingerprint density at radius 3 is 2.49 bits per heavy atom. The lowest BCUT2D eigenvalue weighted by Gasteiger charge is -2.03. The zero-order chi connectivity index (χ0) is 26.8. The number of nitrogens with two attached hydrogens (primary N) is 1. The fraction of sp³-hybridized carbons (Fsp3) is 0.107. The van der Waals surface area contributed by atoms with Gasteiger partial charge in [-0.25, -0.2) is 0 Å². The number of rotatable bonds is 8. The van der Waals surface area contributed by atoms with Gasteiger partial charge in [0.25, 0.3) is 11.8 Å². The van der Waals surface area contributed by atoms with Crippen molar-refractivity contribution in [1.82, 2.24) is 24.6 Å². The van der Waals surface area contributed by atoms with Crippen LogP contribution in [0.4, 0.5) is 0 Å². The minimum atomic E-state index is -0.475. The van der Waals surface area contributed by atoms with E-state index in [1.54, 1.807) is 12.4 Å². The molecule has 1 aliphatic heterocycles. The molecule has 0 spiro atoms. The Morgan fingerprint density at radius 2 is 1.69 bits per heavy atom. The molecule has 3 aromatic heterocycles. The number of aromatic nitrogens is 4. The van der Waals surface area contributed by atoms with Crippen molar-refractivity contribution < 1.29 is 9.59 Å². The molecule has 3 N–H and O–H groups in total. The number of nitrogens with one attached hydrogen (secondary N) is 1. The van der Waals surface area contributed by atoms with Gasteiger partial charge >= 0.3 is 0 Å². The number of nitrogens with zero attached hydrogens (tertiary/aromatic N) is 7. The van der Waals surface area contributed by atoms with Gasteiger partial charge in [-0.05, 0) is 35.9 Å². The van der Waals surface area contributed by atoms with Crippen molar-refractivity contribution in [2.24, 2.45) is 21.2 Å². The van der Waals surface area contributed by atoms with Crippen LogP contribution in [0.1, 0.15) is 17.7 Å². The van der Waals surface area contributed by atoms with Crippen LogP contribution in [0.25, 0.3) is 38.6 Å². The molecule has 11 nitrogen and oxygen atoms in total. The molecule has 0 unspecified atom stereocenters. The second kappa shape index (κ2) is 10.1. The van der Waals surface area contributed by atoms with E-state index >= 15 is 0 Å². The van der Waals surface area contributed by atoms with Crippen molar-refractivity contribution in [3.8, 4) is 5.69 Å². The summed E-state index contributed by atoms with van der Waals surface area (Å²) in [6.45, 7) is 0.964. The van der Waals surface area contributed by atoms with Gasteiger partial charge in [0.1, 0.15) is 12.0 Å². The highest BCUT2D eigenvalue weighted by molar-refractivity contribution is 6.50. The summed E-state index contributed by atoms with van der Waals surface area (Å²) in [4.78, 5) is 30.8. The summed E-state index contributed by atoms with van der Waals surface area (Å²) in [7, 11) is 0. The molecular weight excluding hydrogens is 494 g/mol. The van der Waals surface area contributed by atoms with Gasteiger partial charge in [0.05, 0.1) is 40.6 Å². The first-order valence-corrected chi connectivity index (χ1v) is 12.3. The smallest absolute Gasteiger partial charge is 0.261 e. The van der Waals surface area contributed by atoms with Crippen molar-refractivity contribution in [3.05, 3.63) is 90.5 Å². The van der Waals surface area contributed by atoms with Gasteiger partial charge < -0.3 is 10.3 Å². The molecule has 6 rings (SSSR count). The lowest BCUT2D eigenvalue weighted by Crippen LogP contribution is -2.22. The molecule has 39 heavy (non-hydrogen) atoms. The molecule has 5 aromatic rings. The van der Waals surface area contributed by atoms with Crippen LogP contribution < -0.4 is 11.1 Å². The zero-order valence-electron chi connectivity index (χ0n) is 20.7. The maximum Gasteiger partial charge on any atom is 0.261 e. The highest BCUT2D eigenvalue weighted by Gasteiger charge is 2.36. The van der Waals surface area contributed by atoms with Gasteiger partial charge in [-0.2, -0.15) is 10.2 Å². The van der Waals surface area contributed by atoms with Crippen molar-refractivity contribution in [2.75, 3.05) is 6.54 Å². The molecule has 0 fully saturated rings. The molecule has 11 heteroatoms. The number of carbonyl (C=O) groups is 2. The van der Waals surface area contributed by atoms with Gasteiger partial charge in [-0.15, -0.1) is 5.10 Å². The van der Waals surface area contributed by atoms with Crippen LogP contribution >= 0.6 is 0 Å². The number of aryl methyl sites for hydroxylation is 1. The highest BCUT2D eigenvalue weighted by Crippen LogP contribution is 2.38. The summed E-state index contributed by atoms with van der Waals surface area (Å²) < 4.78 is 3.80. The van der Waals surface area contributed by atoms with E-state index in [9.17, 15) is 9.59 Å². The van der Waals surface area contributed by atoms with Crippen LogP contribution in [0.3, 0.4) is 0 Å². The fourth-order valence-corrected chi connectivity index (χ4v) is 4.91. The molecule has 0 saturated heterocycles. The van der Waals surface area contributed by atoms with Crippen molar-refractivity contribution in [1.29, 1.82) is 0 Å². The van der Waals surface area contributed by atoms with E-state index in [2.05, 4.69) is 25.7 Å². The SMILES string of the molecule is NC=NN=NCCCn1nc(C2=C(c3cn(-c4cccnc4)c4ccccc34)C(=O)NC2=O)c2ccccc21. The quantitative estimate of drug-likeness (QED) is 0.0805. The number of pyridine rings is 1. The third-order valence-corrected chi connectivity index (χ3v) is 6.54. The van der Waals surface area contributed by atoms with E-state index in [1.165, 1.54) is 0 Å². The summed E-state index contributed by atoms with van der Waals surface area (Å²) >= 11 is 0. The van der Waals surface area contributed by atoms with Crippen LogP contribution in [-0.2, 0) is 16.1 Å². The monoisotopic (exact) mass is 517 g/mol. The number of fused-ring (bicyclic) bond motifs is 2. The lowest BCUT2D eigenvalue weighted by atomic mass is 9.97. The lowest BCUT2D eigenvalue weighted by molar-refractivity contribution is -0.122. The predicted octanol–water partition coefficient (Wildman–Crippen LogP) is 3.69.